The zero-order valence-corrected chi connectivity index (χ0v) is 9.31. The molecular formula is C10H10F6N2. The number of pyridine rings is 1. The van der Waals surface area contributed by atoms with Gasteiger partial charge >= 0.3 is 12.4 Å². The first-order valence-electron chi connectivity index (χ1n) is 4.91. The number of hydrogen-bond acceptors (Lipinski definition) is 2. The van der Waals surface area contributed by atoms with Crippen LogP contribution in [0, 0.1) is 0 Å². The van der Waals surface area contributed by atoms with E-state index in [1.54, 1.807) is 0 Å². The lowest BCUT2D eigenvalue weighted by molar-refractivity contribution is -0.137. The van der Waals surface area contributed by atoms with Crippen molar-refractivity contribution in [2.24, 2.45) is 0 Å². The highest BCUT2D eigenvalue weighted by Crippen LogP contribution is 2.29. The lowest BCUT2D eigenvalue weighted by Gasteiger charge is -2.19. The Hall–Kier alpha value is -1.47. The third-order valence-electron chi connectivity index (χ3n) is 2.20. The summed E-state index contributed by atoms with van der Waals surface area (Å²) in [6.07, 6.45) is -9.26. The first kappa shape index (κ1) is 14.6. The fourth-order valence-corrected chi connectivity index (χ4v) is 1.19. The van der Waals surface area contributed by atoms with Crippen molar-refractivity contribution < 1.29 is 26.3 Å². The molecule has 0 aromatic carbocycles. The Kier molecular flexibility index (Phi) is 4.08. The molecule has 1 aromatic heterocycles. The zero-order chi connectivity index (χ0) is 14.0. The highest BCUT2D eigenvalue weighted by molar-refractivity contribution is 5.38. The van der Waals surface area contributed by atoms with Crippen LogP contribution in [0.2, 0.25) is 0 Å². The summed E-state index contributed by atoms with van der Waals surface area (Å²) in [5.74, 6) is 0.0623. The minimum Gasteiger partial charge on any atom is -0.359 e. The van der Waals surface area contributed by atoms with Crippen molar-refractivity contribution in [3.63, 3.8) is 0 Å². The molecule has 2 nitrogen and oxygen atoms in total. The summed E-state index contributed by atoms with van der Waals surface area (Å²) in [5.41, 5.74) is -0.935. The van der Waals surface area contributed by atoms with Crippen LogP contribution in [0.5, 0.6) is 0 Å². The number of nitrogens with zero attached hydrogens (tertiary/aromatic N) is 2. The molecule has 0 unspecified atom stereocenters. The van der Waals surface area contributed by atoms with Gasteiger partial charge in [-0.3, -0.25) is 0 Å². The second-order valence-corrected chi connectivity index (χ2v) is 3.69. The van der Waals surface area contributed by atoms with Crippen molar-refractivity contribution in [1.29, 1.82) is 0 Å². The molecule has 0 atom stereocenters. The summed E-state index contributed by atoms with van der Waals surface area (Å²) in [5, 5.41) is 0. The van der Waals surface area contributed by atoms with Crippen LogP contribution in [0.1, 0.15) is 12.0 Å². The van der Waals surface area contributed by atoms with Crippen LogP contribution in [0.15, 0.2) is 18.3 Å². The summed E-state index contributed by atoms with van der Waals surface area (Å²) < 4.78 is 72.5. The Morgan fingerprint density at radius 3 is 2.11 bits per heavy atom. The van der Waals surface area contributed by atoms with Gasteiger partial charge < -0.3 is 4.90 Å². The van der Waals surface area contributed by atoms with Crippen LogP contribution >= 0.6 is 0 Å². The molecule has 18 heavy (non-hydrogen) atoms. The standard InChI is InChI=1S/C10H10F6N2/c1-18(5-4-9(11,12)13)8-3-2-7(6-17-8)10(14,15)16/h2-3,6H,4-5H2,1H3. The first-order chi connectivity index (χ1) is 8.09. The number of hydrogen-bond donors (Lipinski definition) is 0. The zero-order valence-electron chi connectivity index (χ0n) is 9.31. The van der Waals surface area contributed by atoms with E-state index in [-0.39, 0.29) is 12.4 Å². The van der Waals surface area contributed by atoms with Crippen molar-refractivity contribution in [1.82, 2.24) is 4.98 Å². The van der Waals surface area contributed by atoms with E-state index in [1.165, 1.54) is 7.05 Å². The van der Waals surface area contributed by atoms with E-state index in [1.807, 2.05) is 0 Å². The molecule has 102 valence electrons. The van der Waals surface area contributed by atoms with Gasteiger partial charge in [0.1, 0.15) is 5.82 Å². The number of halogens is 6. The molecule has 0 saturated carbocycles. The van der Waals surface area contributed by atoms with Crippen molar-refractivity contribution in [3.05, 3.63) is 23.9 Å². The molecule has 0 aliphatic heterocycles. The monoisotopic (exact) mass is 272 g/mol. The van der Waals surface area contributed by atoms with Gasteiger partial charge in [-0.25, -0.2) is 4.98 Å². The van der Waals surface area contributed by atoms with Gasteiger partial charge in [0.05, 0.1) is 12.0 Å². The number of anilines is 1. The molecule has 0 saturated heterocycles. The molecule has 8 heteroatoms. The minimum atomic E-state index is -4.50. The second kappa shape index (κ2) is 5.03. The lowest BCUT2D eigenvalue weighted by Crippen LogP contribution is -2.24. The predicted molar refractivity (Wildman–Crippen MR) is 53.2 cm³/mol. The Balaban J connectivity index is 2.68. The van der Waals surface area contributed by atoms with E-state index >= 15 is 0 Å². The van der Waals surface area contributed by atoms with E-state index < -0.39 is 24.3 Å². The fourth-order valence-electron chi connectivity index (χ4n) is 1.19. The summed E-state index contributed by atoms with van der Waals surface area (Å²) >= 11 is 0. The van der Waals surface area contributed by atoms with Crippen LogP contribution < -0.4 is 4.90 Å². The van der Waals surface area contributed by atoms with Gasteiger partial charge in [-0.05, 0) is 12.1 Å². The van der Waals surface area contributed by atoms with Gasteiger partial charge in [-0.2, -0.15) is 26.3 Å². The molecule has 0 radical (unpaired) electrons. The minimum absolute atomic E-state index is 0.0623. The second-order valence-electron chi connectivity index (χ2n) is 3.69. The summed E-state index contributed by atoms with van der Waals surface area (Å²) in [4.78, 5) is 4.63. The maximum Gasteiger partial charge on any atom is 0.417 e. The molecule has 0 aliphatic rings. The third-order valence-corrected chi connectivity index (χ3v) is 2.20. The fraction of sp³-hybridized carbons (Fsp3) is 0.500. The highest BCUT2D eigenvalue weighted by atomic mass is 19.4. The van der Waals surface area contributed by atoms with E-state index in [0.29, 0.717) is 6.20 Å². The number of rotatable bonds is 3. The molecule has 0 amide bonds. The molecule has 0 N–H and O–H groups in total. The quantitative estimate of drug-likeness (QED) is 0.783. The first-order valence-corrected chi connectivity index (χ1v) is 4.91. The van der Waals surface area contributed by atoms with E-state index in [4.69, 9.17) is 0 Å². The van der Waals surface area contributed by atoms with Crippen LogP contribution in [-0.4, -0.2) is 24.8 Å². The van der Waals surface area contributed by atoms with Crippen molar-refractivity contribution >= 4 is 5.82 Å². The van der Waals surface area contributed by atoms with Gasteiger partial charge in [0.2, 0.25) is 0 Å². The van der Waals surface area contributed by atoms with Gasteiger partial charge in [-0.15, -0.1) is 0 Å². The average Bonchev–Trinajstić information content (AvgIpc) is 2.24. The molecule has 0 fully saturated rings. The SMILES string of the molecule is CN(CCC(F)(F)F)c1ccc(C(F)(F)F)cn1. The smallest absolute Gasteiger partial charge is 0.359 e. The van der Waals surface area contributed by atoms with Crippen molar-refractivity contribution in [3.8, 4) is 0 Å². The molecule has 0 spiro atoms. The van der Waals surface area contributed by atoms with Crippen LogP contribution in [-0.2, 0) is 6.18 Å². The third kappa shape index (κ3) is 4.42. The molecule has 1 aromatic rings. The average molecular weight is 272 g/mol. The molecule has 0 bridgehead atoms. The van der Waals surface area contributed by atoms with Gasteiger partial charge in [0.25, 0.3) is 0 Å². The topological polar surface area (TPSA) is 16.1 Å². The van der Waals surface area contributed by atoms with E-state index in [9.17, 15) is 26.3 Å². The van der Waals surface area contributed by atoms with Gasteiger partial charge in [-0.1, -0.05) is 0 Å². The van der Waals surface area contributed by atoms with Crippen LogP contribution in [0.4, 0.5) is 32.2 Å². The van der Waals surface area contributed by atoms with E-state index in [2.05, 4.69) is 4.98 Å². The van der Waals surface area contributed by atoms with E-state index in [0.717, 1.165) is 17.0 Å². The Labute approximate surface area is 99.2 Å². The van der Waals surface area contributed by atoms with Crippen molar-refractivity contribution in [2.75, 3.05) is 18.5 Å². The predicted octanol–water partition coefficient (Wildman–Crippen LogP) is 3.49. The summed E-state index contributed by atoms with van der Waals surface area (Å²) in [6, 6.07) is 1.83. The molecule has 1 heterocycles. The summed E-state index contributed by atoms with van der Waals surface area (Å²) in [7, 11) is 1.33. The summed E-state index contributed by atoms with van der Waals surface area (Å²) in [6.45, 7) is -0.359. The van der Waals surface area contributed by atoms with Gasteiger partial charge in [0, 0.05) is 19.8 Å². The highest BCUT2D eigenvalue weighted by Gasteiger charge is 2.31. The van der Waals surface area contributed by atoms with Crippen molar-refractivity contribution in [2.45, 2.75) is 18.8 Å². The Morgan fingerprint density at radius 1 is 1.11 bits per heavy atom. The van der Waals surface area contributed by atoms with Crippen LogP contribution in [0.25, 0.3) is 0 Å². The largest absolute Gasteiger partial charge is 0.417 e. The number of aromatic nitrogens is 1. The lowest BCUT2D eigenvalue weighted by atomic mass is 10.2. The normalized spacial score (nSPS) is 12.6. The Bertz CT molecular complexity index is 381. The molecule has 1 rings (SSSR count). The maximum absolute atomic E-state index is 12.2. The number of alkyl halides is 6. The molecule has 0 aliphatic carbocycles. The van der Waals surface area contributed by atoms with Gasteiger partial charge in [0.15, 0.2) is 0 Å². The molecular weight excluding hydrogens is 262 g/mol. The van der Waals surface area contributed by atoms with Crippen LogP contribution in [0.3, 0.4) is 0 Å². The maximum atomic E-state index is 12.2. The Morgan fingerprint density at radius 2 is 1.72 bits per heavy atom.